The average Bonchev–Trinajstić information content (AvgIpc) is 3.23. The summed E-state index contributed by atoms with van der Waals surface area (Å²) >= 11 is 8.17. The van der Waals surface area contributed by atoms with E-state index in [0.29, 0.717) is 27.1 Å². The van der Waals surface area contributed by atoms with Gasteiger partial charge in [0.1, 0.15) is 4.32 Å². The van der Waals surface area contributed by atoms with Crippen molar-refractivity contribution < 1.29 is 14.3 Å². The Hall–Kier alpha value is -2.16. The number of para-hydroxylation sites is 1. The van der Waals surface area contributed by atoms with Crippen LogP contribution in [0.15, 0.2) is 46.7 Å². The molecule has 8 heteroatoms. The van der Waals surface area contributed by atoms with Gasteiger partial charge in [0.15, 0.2) is 0 Å². The summed E-state index contributed by atoms with van der Waals surface area (Å²) in [6.07, 6.45) is 1.84. The first-order chi connectivity index (χ1) is 12.6. The smallest absolute Gasteiger partial charge is 0.340 e. The highest BCUT2D eigenvalue weighted by molar-refractivity contribution is 8.26. The maximum absolute atomic E-state index is 12.6. The molecule has 1 aliphatic heterocycles. The van der Waals surface area contributed by atoms with Crippen LogP contribution < -0.4 is 5.32 Å². The number of thiophene rings is 1. The van der Waals surface area contributed by atoms with E-state index in [-0.39, 0.29) is 12.6 Å². The molecule has 0 aliphatic carbocycles. The molecule has 2 heterocycles. The Morgan fingerprint density at radius 3 is 2.85 bits per heavy atom. The van der Waals surface area contributed by atoms with Crippen molar-refractivity contribution in [2.45, 2.75) is 6.92 Å². The summed E-state index contributed by atoms with van der Waals surface area (Å²) in [7, 11) is 0. The van der Waals surface area contributed by atoms with Crippen molar-refractivity contribution in [2.24, 2.45) is 0 Å². The van der Waals surface area contributed by atoms with Crippen LogP contribution in [0.25, 0.3) is 6.08 Å². The third-order valence-electron chi connectivity index (χ3n) is 3.54. The van der Waals surface area contributed by atoms with Crippen LogP contribution >= 0.6 is 35.3 Å². The Balaban J connectivity index is 1.72. The summed E-state index contributed by atoms with van der Waals surface area (Å²) in [5, 5.41) is 5.07. The van der Waals surface area contributed by atoms with Gasteiger partial charge in [0.25, 0.3) is 5.91 Å². The maximum Gasteiger partial charge on any atom is 0.340 e. The topological polar surface area (TPSA) is 58.6 Å². The minimum atomic E-state index is -0.404. The number of thioether (sulfide) groups is 1. The minimum absolute atomic E-state index is 0.144. The highest BCUT2D eigenvalue weighted by atomic mass is 32.2. The predicted octanol–water partition coefficient (Wildman–Crippen LogP) is 4.20. The van der Waals surface area contributed by atoms with Gasteiger partial charge < -0.3 is 10.1 Å². The van der Waals surface area contributed by atoms with Crippen LogP contribution in [0.1, 0.15) is 22.2 Å². The Morgan fingerprint density at radius 2 is 2.12 bits per heavy atom. The summed E-state index contributed by atoms with van der Waals surface area (Å²) in [4.78, 5) is 27.7. The number of carbonyl (C=O) groups is 2. The van der Waals surface area contributed by atoms with Gasteiger partial charge in [-0.25, -0.2) is 4.79 Å². The molecule has 0 atom stereocenters. The van der Waals surface area contributed by atoms with Crippen LogP contribution in [0.3, 0.4) is 0 Å². The molecular weight excluding hydrogens is 388 g/mol. The fourth-order valence-corrected chi connectivity index (χ4v) is 4.31. The molecular formula is C18H16N2O3S3. The number of ether oxygens (including phenoxy) is 1. The second-order valence-electron chi connectivity index (χ2n) is 5.23. The number of thiocarbonyl (C=S) groups is 1. The molecule has 134 valence electrons. The zero-order chi connectivity index (χ0) is 18.5. The number of anilines is 1. The van der Waals surface area contributed by atoms with Crippen LogP contribution in [-0.2, 0) is 9.53 Å². The van der Waals surface area contributed by atoms with Crippen LogP contribution in [-0.4, -0.2) is 34.4 Å². The van der Waals surface area contributed by atoms with E-state index in [2.05, 4.69) is 5.32 Å². The molecule has 0 bridgehead atoms. The summed E-state index contributed by atoms with van der Waals surface area (Å²) in [5.74, 6) is -0.548. The molecule has 0 spiro atoms. The van der Waals surface area contributed by atoms with Crippen LogP contribution in [0.4, 0.5) is 5.69 Å². The van der Waals surface area contributed by atoms with Gasteiger partial charge >= 0.3 is 5.97 Å². The predicted molar refractivity (Wildman–Crippen MR) is 110 cm³/mol. The first-order valence-electron chi connectivity index (χ1n) is 7.89. The number of esters is 1. The maximum atomic E-state index is 12.6. The summed E-state index contributed by atoms with van der Waals surface area (Å²) < 4.78 is 5.55. The number of carbonyl (C=O) groups excluding carboxylic acids is 2. The van der Waals surface area contributed by atoms with E-state index in [0.717, 1.165) is 4.88 Å². The number of hydrogen-bond acceptors (Lipinski definition) is 7. The molecule has 3 rings (SSSR count). The van der Waals surface area contributed by atoms with Crippen molar-refractivity contribution in [1.29, 1.82) is 0 Å². The number of hydrogen-bond donors (Lipinski definition) is 1. The first kappa shape index (κ1) is 18.6. The van der Waals surface area contributed by atoms with Crippen molar-refractivity contribution in [1.82, 2.24) is 4.90 Å². The van der Waals surface area contributed by atoms with Crippen LogP contribution in [0.5, 0.6) is 0 Å². The van der Waals surface area contributed by atoms with Gasteiger partial charge in [0.2, 0.25) is 0 Å². The molecule has 1 fully saturated rings. The molecule has 0 unspecified atom stereocenters. The minimum Gasteiger partial charge on any atom is -0.462 e. The summed E-state index contributed by atoms with van der Waals surface area (Å²) in [6.45, 7) is 2.24. The zero-order valence-corrected chi connectivity index (χ0v) is 16.4. The van der Waals surface area contributed by atoms with Gasteiger partial charge in [0, 0.05) is 4.88 Å². The molecule has 0 radical (unpaired) electrons. The Labute approximate surface area is 165 Å². The van der Waals surface area contributed by atoms with Gasteiger partial charge in [-0.3, -0.25) is 9.69 Å². The van der Waals surface area contributed by atoms with E-state index in [9.17, 15) is 9.59 Å². The Kier molecular flexibility index (Phi) is 6.08. The molecule has 2 aromatic rings. The largest absolute Gasteiger partial charge is 0.462 e. The quantitative estimate of drug-likeness (QED) is 0.442. The molecule has 1 aromatic carbocycles. The Morgan fingerprint density at radius 1 is 1.31 bits per heavy atom. The molecule has 0 saturated carbocycles. The van der Waals surface area contributed by atoms with Gasteiger partial charge in [-0.05, 0) is 36.6 Å². The van der Waals surface area contributed by atoms with Gasteiger partial charge in [-0.1, -0.05) is 42.2 Å². The summed E-state index contributed by atoms with van der Waals surface area (Å²) in [5.41, 5.74) is 1.02. The lowest BCUT2D eigenvalue weighted by Gasteiger charge is -2.17. The first-order valence-corrected chi connectivity index (χ1v) is 9.99. The molecule has 1 aromatic heterocycles. The second kappa shape index (κ2) is 8.48. The normalized spacial score (nSPS) is 15.6. The van der Waals surface area contributed by atoms with Crippen molar-refractivity contribution in [3.8, 4) is 0 Å². The van der Waals surface area contributed by atoms with Crippen LogP contribution in [0.2, 0.25) is 0 Å². The third kappa shape index (κ3) is 4.14. The average molecular weight is 405 g/mol. The Bertz CT molecular complexity index is 862. The number of rotatable bonds is 6. The van der Waals surface area contributed by atoms with Gasteiger partial charge in [0.05, 0.1) is 29.4 Å². The fraction of sp³-hybridized carbons (Fsp3) is 0.167. The number of amides is 1. The van der Waals surface area contributed by atoms with Crippen molar-refractivity contribution in [2.75, 3.05) is 18.6 Å². The van der Waals surface area contributed by atoms with Crippen molar-refractivity contribution in [3.63, 3.8) is 0 Å². The summed E-state index contributed by atoms with van der Waals surface area (Å²) in [6, 6.07) is 10.9. The highest BCUT2D eigenvalue weighted by Crippen LogP contribution is 2.33. The van der Waals surface area contributed by atoms with E-state index in [1.165, 1.54) is 16.7 Å². The highest BCUT2D eigenvalue weighted by Gasteiger charge is 2.32. The number of nitrogens with one attached hydrogen (secondary N) is 1. The van der Waals surface area contributed by atoms with Gasteiger partial charge in [-0.15, -0.1) is 11.3 Å². The van der Waals surface area contributed by atoms with E-state index in [1.807, 2.05) is 29.7 Å². The van der Waals surface area contributed by atoms with E-state index in [1.54, 1.807) is 36.5 Å². The van der Waals surface area contributed by atoms with Crippen molar-refractivity contribution >= 4 is 63.3 Å². The zero-order valence-electron chi connectivity index (χ0n) is 13.9. The standard InChI is InChI=1S/C18H16N2O3S3/c1-2-23-17(22)13-7-3-4-8-14(13)19-11-20-16(21)15(26-18(20)24)10-12-6-5-9-25-12/h3-10,19H,2,11H2,1H3/b15-10+. The van der Waals surface area contributed by atoms with E-state index >= 15 is 0 Å². The molecule has 1 N–H and O–H groups in total. The molecule has 1 aliphatic rings. The lowest BCUT2D eigenvalue weighted by molar-refractivity contribution is -0.121. The van der Waals surface area contributed by atoms with E-state index < -0.39 is 5.97 Å². The van der Waals surface area contributed by atoms with E-state index in [4.69, 9.17) is 17.0 Å². The SMILES string of the molecule is CCOC(=O)c1ccccc1NCN1C(=O)/C(=C\c2cccs2)SC1=S. The van der Waals surface area contributed by atoms with Crippen LogP contribution in [0, 0.1) is 0 Å². The molecule has 1 saturated heterocycles. The monoisotopic (exact) mass is 404 g/mol. The third-order valence-corrected chi connectivity index (χ3v) is 5.74. The number of benzene rings is 1. The second-order valence-corrected chi connectivity index (χ2v) is 7.88. The molecule has 1 amide bonds. The lowest BCUT2D eigenvalue weighted by Crippen LogP contribution is -2.33. The molecule has 26 heavy (non-hydrogen) atoms. The van der Waals surface area contributed by atoms with Crippen molar-refractivity contribution in [3.05, 3.63) is 57.1 Å². The van der Waals surface area contributed by atoms with Gasteiger partial charge in [-0.2, -0.15) is 0 Å². The molecule has 5 nitrogen and oxygen atoms in total. The number of nitrogens with zero attached hydrogens (tertiary/aromatic N) is 1. The lowest BCUT2D eigenvalue weighted by atomic mass is 10.2. The fourth-order valence-electron chi connectivity index (χ4n) is 2.33.